The van der Waals surface area contributed by atoms with E-state index in [9.17, 15) is 0 Å². The lowest BCUT2D eigenvalue weighted by Gasteiger charge is -1.83. The van der Waals surface area contributed by atoms with Gasteiger partial charge < -0.3 is 4.63 Å². The molecule has 11 heavy (non-hydrogen) atoms. The van der Waals surface area contributed by atoms with Gasteiger partial charge in [0.05, 0.1) is 0 Å². The van der Waals surface area contributed by atoms with Gasteiger partial charge in [-0.25, -0.2) is 0 Å². The highest BCUT2D eigenvalue weighted by Crippen LogP contribution is 1.90. The van der Waals surface area contributed by atoms with Crippen molar-refractivity contribution in [3.8, 4) is 0 Å². The van der Waals surface area contributed by atoms with E-state index in [2.05, 4.69) is 11.6 Å². The van der Waals surface area contributed by atoms with Gasteiger partial charge in [0.15, 0.2) is 0 Å². The Kier molecular flexibility index (Phi) is 9.06. The Morgan fingerprint density at radius 3 is 2.82 bits per heavy atom. The number of allylic oxidation sites excluding steroid dienone is 3. The molecule has 0 aliphatic heterocycles. The van der Waals surface area contributed by atoms with Crippen LogP contribution in [-0.2, 0) is 0 Å². The minimum atomic E-state index is 0.316. The second kappa shape index (κ2) is 9.50. The minimum absolute atomic E-state index is 0.316. The van der Waals surface area contributed by atoms with Crippen LogP contribution in [0.2, 0.25) is 6.04 Å². The lowest BCUT2D eigenvalue weighted by atomic mass is 10.4. The monoisotopic (exact) mass is 167 g/mol. The van der Waals surface area contributed by atoms with Gasteiger partial charge in [-0.05, 0) is 19.0 Å². The van der Waals surface area contributed by atoms with Gasteiger partial charge in [-0.1, -0.05) is 31.9 Å². The Bertz CT molecular complexity index is 148. The second-order valence-electron chi connectivity index (χ2n) is 2.34. The first kappa shape index (κ1) is 10.5. The molecule has 0 aromatic heterocycles. The van der Waals surface area contributed by atoms with Gasteiger partial charge in [0.2, 0.25) is 0 Å². The van der Waals surface area contributed by atoms with Gasteiger partial charge in [0.1, 0.15) is 9.31 Å². The Balaban J connectivity index is 3.28. The maximum absolute atomic E-state index is 4.30. The van der Waals surface area contributed by atoms with Gasteiger partial charge in [-0.15, -0.1) is 0 Å². The average molecular weight is 167 g/mol. The van der Waals surface area contributed by atoms with Gasteiger partial charge >= 0.3 is 0 Å². The van der Waals surface area contributed by atoms with Crippen LogP contribution in [0.15, 0.2) is 29.1 Å². The molecule has 0 atom stereocenters. The van der Waals surface area contributed by atoms with E-state index in [1.807, 2.05) is 31.4 Å². The summed E-state index contributed by atoms with van der Waals surface area (Å²) in [5.74, 6) is 0. The Hall–Kier alpha value is -0.503. The van der Waals surface area contributed by atoms with Gasteiger partial charge in [0.25, 0.3) is 0 Å². The minimum Gasteiger partial charge on any atom is -0.314 e. The van der Waals surface area contributed by atoms with Crippen LogP contribution >= 0.6 is 0 Å². The zero-order chi connectivity index (χ0) is 8.36. The molecule has 0 amide bonds. The molecule has 0 aliphatic carbocycles. The first-order chi connectivity index (χ1) is 5.41. The Morgan fingerprint density at radius 2 is 2.18 bits per heavy atom. The fourth-order valence-electron chi connectivity index (χ4n) is 0.641. The smallest absolute Gasteiger partial charge is 0.112 e. The topological polar surface area (TPSA) is 12.4 Å². The molecule has 62 valence electrons. The highest BCUT2D eigenvalue weighted by atomic mass is 28.2. The summed E-state index contributed by atoms with van der Waals surface area (Å²) in [5, 5.41) is 0. The molecule has 2 heteroatoms. The van der Waals surface area contributed by atoms with Gasteiger partial charge in [0, 0.05) is 6.20 Å². The van der Waals surface area contributed by atoms with E-state index in [1.165, 1.54) is 18.9 Å². The lowest BCUT2D eigenvalue weighted by molar-refractivity contribution is 0.881. The molecular weight excluding hydrogens is 150 g/mol. The third-order valence-electron chi connectivity index (χ3n) is 1.27. The lowest BCUT2D eigenvalue weighted by Crippen LogP contribution is -1.73. The van der Waals surface area contributed by atoms with E-state index < -0.39 is 0 Å². The summed E-state index contributed by atoms with van der Waals surface area (Å²) in [4.78, 5) is 0. The largest absolute Gasteiger partial charge is 0.314 e. The Morgan fingerprint density at radius 1 is 1.36 bits per heavy atom. The molecule has 0 spiro atoms. The van der Waals surface area contributed by atoms with Crippen molar-refractivity contribution in [3.63, 3.8) is 0 Å². The molecule has 0 N–H and O–H groups in total. The van der Waals surface area contributed by atoms with Crippen LogP contribution in [0.1, 0.15) is 26.7 Å². The predicted octanol–water partition coefficient (Wildman–Crippen LogP) is 2.91. The molecule has 0 heterocycles. The van der Waals surface area contributed by atoms with Crippen molar-refractivity contribution in [2.45, 2.75) is 32.7 Å². The molecule has 0 fully saturated rings. The van der Waals surface area contributed by atoms with Crippen LogP contribution in [0.4, 0.5) is 0 Å². The quantitative estimate of drug-likeness (QED) is 0.339. The first-order valence-electron chi connectivity index (χ1n) is 4.21. The van der Waals surface area contributed by atoms with Crippen molar-refractivity contribution in [1.29, 1.82) is 0 Å². The molecule has 0 aromatic carbocycles. The van der Waals surface area contributed by atoms with Crippen molar-refractivity contribution >= 4 is 9.31 Å². The highest BCUT2D eigenvalue weighted by Gasteiger charge is 1.76. The summed E-state index contributed by atoms with van der Waals surface area (Å²) in [6.07, 6.45) is 10.5. The third-order valence-corrected chi connectivity index (χ3v) is 2.32. The van der Waals surface area contributed by atoms with E-state index in [1.54, 1.807) is 0 Å². The van der Waals surface area contributed by atoms with Crippen molar-refractivity contribution in [2.75, 3.05) is 0 Å². The summed E-state index contributed by atoms with van der Waals surface area (Å²) in [6.45, 7) is 4.23. The second-order valence-corrected chi connectivity index (χ2v) is 3.58. The standard InChI is InChI=1S/C9H17NSi/c1-3-5-7-8-10-11-9-6-4-2/h3,5,7-8,11H,4,6,9H2,1-2H3/b5-3-,8-7-,11-10+. The van der Waals surface area contributed by atoms with Crippen LogP contribution in [0.5, 0.6) is 0 Å². The number of nitrogens with zero attached hydrogens (tertiary/aromatic N) is 1. The molecule has 0 bridgehead atoms. The fourth-order valence-corrected chi connectivity index (χ4v) is 1.60. The number of hydrogen-bond acceptors (Lipinski definition) is 1. The third kappa shape index (κ3) is 9.50. The number of rotatable bonds is 5. The summed E-state index contributed by atoms with van der Waals surface area (Å²) >= 11 is 0. The van der Waals surface area contributed by atoms with E-state index >= 15 is 0 Å². The van der Waals surface area contributed by atoms with Crippen molar-refractivity contribution in [2.24, 2.45) is 4.63 Å². The van der Waals surface area contributed by atoms with Gasteiger partial charge in [-0.2, -0.15) is 0 Å². The fraction of sp³-hybridized carbons (Fsp3) is 0.556. The van der Waals surface area contributed by atoms with Crippen LogP contribution in [0, 0.1) is 0 Å². The van der Waals surface area contributed by atoms with Crippen LogP contribution in [-0.4, -0.2) is 9.31 Å². The average Bonchev–Trinajstić information content (AvgIpc) is 2.03. The first-order valence-corrected chi connectivity index (χ1v) is 5.54. The molecule has 0 rings (SSSR count). The molecule has 0 unspecified atom stereocenters. The molecular formula is C9H17NSi. The van der Waals surface area contributed by atoms with E-state index in [4.69, 9.17) is 0 Å². The van der Waals surface area contributed by atoms with E-state index in [0.717, 1.165) is 0 Å². The molecule has 0 radical (unpaired) electrons. The zero-order valence-corrected chi connectivity index (χ0v) is 8.61. The van der Waals surface area contributed by atoms with Crippen molar-refractivity contribution in [1.82, 2.24) is 0 Å². The number of unbranched alkanes of at least 4 members (excludes halogenated alkanes) is 1. The number of hydrogen-bond donors (Lipinski definition) is 0. The van der Waals surface area contributed by atoms with E-state index in [-0.39, 0.29) is 0 Å². The zero-order valence-electron chi connectivity index (χ0n) is 7.46. The predicted molar refractivity (Wildman–Crippen MR) is 53.2 cm³/mol. The van der Waals surface area contributed by atoms with Crippen molar-refractivity contribution in [3.05, 3.63) is 24.4 Å². The molecule has 0 aromatic rings. The Labute approximate surface area is 71.8 Å². The summed E-state index contributed by atoms with van der Waals surface area (Å²) in [6, 6.07) is 1.30. The molecule has 0 aliphatic rings. The summed E-state index contributed by atoms with van der Waals surface area (Å²) in [7, 11) is 0.316. The summed E-state index contributed by atoms with van der Waals surface area (Å²) < 4.78 is 4.30. The molecule has 0 saturated carbocycles. The van der Waals surface area contributed by atoms with Gasteiger partial charge in [-0.3, -0.25) is 0 Å². The maximum atomic E-state index is 4.30. The van der Waals surface area contributed by atoms with Crippen molar-refractivity contribution < 1.29 is 0 Å². The highest BCUT2D eigenvalue weighted by molar-refractivity contribution is 6.21. The van der Waals surface area contributed by atoms with Crippen LogP contribution in [0.25, 0.3) is 0 Å². The SMILES string of the molecule is C\C=C/C=C\N=[SiH]\CCCC. The summed E-state index contributed by atoms with van der Waals surface area (Å²) in [5.41, 5.74) is 0. The van der Waals surface area contributed by atoms with E-state index in [0.29, 0.717) is 9.31 Å². The maximum Gasteiger partial charge on any atom is 0.112 e. The van der Waals surface area contributed by atoms with Crippen LogP contribution in [0.3, 0.4) is 0 Å². The molecule has 0 saturated heterocycles. The normalized spacial score (nSPS) is 12.5. The van der Waals surface area contributed by atoms with Crippen LogP contribution < -0.4 is 0 Å². The molecule has 1 nitrogen and oxygen atoms in total.